The van der Waals surface area contributed by atoms with Gasteiger partial charge in [-0.15, -0.1) is 0 Å². The van der Waals surface area contributed by atoms with Gasteiger partial charge < -0.3 is 19.9 Å². The third kappa shape index (κ3) is 8.89. The lowest BCUT2D eigenvalue weighted by molar-refractivity contribution is -0.160. The Bertz CT molecular complexity index is 371. The van der Waals surface area contributed by atoms with Gasteiger partial charge in [-0.2, -0.15) is 0 Å². The maximum absolute atomic E-state index is 11.3. The molecule has 0 aromatic rings. The van der Waals surface area contributed by atoms with E-state index in [0.29, 0.717) is 11.8 Å². The number of carbonyl (C=O) groups is 4. The Morgan fingerprint density at radius 3 is 2.21 bits per heavy atom. The first-order valence-corrected chi connectivity index (χ1v) is 6.21. The number of carbonyl (C=O) groups excluding carboxylic acids is 3. The van der Waals surface area contributed by atoms with Crippen LogP contribution in [0.25, 0.3) is 0 Å². The molecule has 0 saturated heterocycles. The van der Waals surface area contributed by atoms with E-state index in [1.165, 1.54) is 13.8 Å². The summed E-state index contributed by atoms with van der Waals surface area (Å²) in [5.74, 6) is -2.58. The summed E-state index contributed by atoms with van der Waals surface area (Å²) in [6, 6.07) is -1.20. The van der Waals surface area contributed by atoms with E-state index in [0.717, 1.165) is 6.92 Å². The molecule has 19 heavy (non-hydrogen) atoms. The zero-order valence-corrected chi connectivity index (χ0v) is 11.5. The highest BCUT2D eigenvalue weighted by atomic mass is 32.2. The first-order chi connectivity index (χ1) is 8.72. The van der Waals surface area contributed by atoms with Crippen molar-refractivity contribution in [2.24, 2.45) is 0 Å². The molecule has 0 fully saturated rings. The summed E-state index contributed by atoms with van der Waals surface area (Å²) in [6.45, 7) is 3.68. The van der Waals surface area contributed by atoms with Crippen LogP contribution in [0.1, 0.15) is 20.8 Å². The molecule has 1 amide bonds. The lowest BCUT2D eigenvalue weighted by Gasteiger charge is -2.14. The number of amides is 1. The highest BCUT2D eigenvalue weighted by molar-refractivity contribution is 8.13. The van der Waals surface area contributed by atoms with Crippen molar-refractivity contribution in [3.63, 3.8) is 0 Å². The summed E-state index contributed by atoms with van der Waals surface area (Å²) in [7, 11) is 0. The molecule has 0 aromatic carbocycles. The van der Waals surface area contributed by atoms with E-state index in [-0.39, 0.29) is 5.75 Å². The lowest BCUT2D eigenvalue weighted by atomic mass is 10.3. The van der Waals surface area contributed by atoms with Crippen LogP contribution >= 0.6 is 11.8 Å². The van der Waals surface area contributed by atoms with E-state index in [2.05, 4.69) is 14.8 Å². The zero-order valence-electron chi connectivity index (χ0n) is 10.7. The summed E-state index contributed by atoms with van der Waals surface area (Å²) in [5, 5.41) is 10.2. The smallest absolute Gasteiger partial charge is 0.370 e. The Morgan fingerprint density at radius 2 is 1.79 bits per heavy atom. The second kappa shape index (κ2) is 8.35. The van der Waals surface area contributed by atoms with Gasteiger partial charge in [-0.05, 0) is 11.8 Å². The minimum Gasteiger partial charge on any atom is -0.480 e. The Balaban J connectivity index is 4.14. The van der Waals surface area contributed by atoms with E-state index in [9.17, 15) is 19.2 Å². The van der Waals surface area contributed by atoms with Crippen LogP contribution in [0, 0.1) is 0 Å². The highest BCUT2D eigenvalue weighted by Gasteiger charge is 2.21. The van der Waals surface area contributed by atoms with E-state index in [1.807, 2.05) is 0 Å². The Kier molecular flexibility index (Phi) is 7.57. The van der Waals surface area contributed by atoms with Crippen molar-refractivity contribution in [2.45, 2.75) is 33.1 Å². The average molecular weight is 293 g/mol. The molecule has 0 unspecified atom stereocenters. The fourth-order valence-corrected chi connectivity index (χ4v) is 1.73. The van der Waals surface area contributed by atoms with Crippen LogP contribution in [0.3, 0.4) is 0 Å². The Hall–Kier alpha value is -1.77. The second-order valence-corrected chi connectivity index (χ2v) is 4.40. The first-order valence-electron chi connectivity index (χ1n) is 5.23. The van der Waals surface area contributed by atoms with Crippen LogP contribution in [0.4, 0.5) is 4.79 Å². The standard InChI is InChI=1S/C10H15NO7S/c1-5(12)11-8(9(14)15)4-19-10(16)18-7(3)17-6(2)13/h7-8H,4H2,1-3H3,(H,11,12)(H,14,15)/t7-,8+/m1/s1. The number of carboxylic acid groups (broad SMARTS) is 1. The van der Waals surface area contributed by atoms with Crippen molar-refractivity contribution in [1.82, 2.24) is 5.32 Å². The van der Waals surface area contributed by atoms with Crippen LogP contribution in [0.5, 0.6) is 0 Å². The number of nitrogens with one attached hydrogen (secondary N) is 1. The number of ether oxygens (including phenoxy) is 2. The molecular weight excluding hydrogens is 278 g/mol. The van der Waals surface area contributed by atoms with E-state index in [1.54, 1.807) is 0 Å². The molecule has 2 atom stereocenters. The van der Waals surface area contributed by atoms with E-state index >= 15 is 0 Å². The van der Waals surface area contributed by atoms with Crippen molar-refractivity contribution in [3.05, 3.63) is 0 Å². The monoisotopic (exact) mass is 293 g/mol. The Morgan fingerprint density at radius 1 is 1.21 bits per heavy atom. The summed E-state index contributed by atoms with van der Waals surface area (Å²) in [4.78, 5) is 43.4. The molecule has 9 heteroatoms. The van der Waals surface area contributed by atoms with Crippen molar-refractivity contribution in [2.75, 3.05) is 5.75 Å². The second-order valence-electron chi connectivity index (χ2n) is 3.45. The van der Waals surface area contributed by atoms with E-state index in [4.69, 9.17) is 5.11 Å². The molecule has 8 nitrogen and oxygen atoms in total. The van der Waals surface area contributed by atoms with Gasteiger partial charge in [-0.1, -0.05) is 0 Å². The fourth-order valence-electron chi connectivity index (χ4n) is 0.999. The predicted molar refractivity (Wildman–Crippen MR) is 65.4 cm³/mol. The maximum Gasteiger partial charge on any atom is 0.370 e. The van der Waals surface area contributed by atoms with Crippen molar-refractivity contribution in [1.29, 1.82) is 0 Å². The third-order valence-corrected chi connectivity index (χ3v) is 2.47. The topological polar surface area (TPSA) is 119 Å². The average Bonchev–Trinajstić information content (AvgIpc) is 2.21. The van der Waals surface area contributed by atoms with Crippen LogP contribution < -0.4 is 5.32 Å². The van der Waals surface area contributed by atoms with Crippen LogP contribution in [0.2, 0.25) is 0 Å². The van der Waals surface area contributed by atoms with Gasteiger partial charge in [0.25, 0.3) is 0 Å². The number of aliphatic carboxylic acids is 1. The minimum atomic E-state index is -1.26. The van der Waals surface area contributed by atoms with Gasteiger partial charge in [-0.25, -0.2) is 9.59 Å². The summed E-state index contributed by atoms with van der Waals surface area (Å²) >= 11 is 0.562. The highest BCUT2D eigenvalue weighted by Crippen LogP contribution is 2.10. The van der Waals surface area contributed by atoms with Gasteiger partial charge >= 0.3 is 17.2 Å². The molecule has 108 valence electrons. The van der Waals surface area contributed by atoms with Gasteiger partial charge in [0.05, 0.1) is 0 Å². The lowest BCUT2D eigenvalue weighted by Crippen LogP contribution is -2.41. The van der Waals surface area contributed by atoms with E-state index < -0.39 is 35.5 Å². The Labute approximate surface area is 113 Å². The number of carboxylic acids is 1. The molecule has 0 aromatic heterocycles. The number of esters is 1. The van der Waals surface area contributed by atoms with Gasteiger partial charge in [-0.3, -0.25) is 9.59 Å². The SMILES string of the molecule is CC(=O)N[C@@H](CSC(=O)O[C@H](C)OC(C)=O)C(=O)O. The third-order valence-electron chi connectivity index (χ3n) is 1.64. The number of thioether (sulfide) groups is 1. The predicted octanol–water partition coefficient (Wildman–Crippen LogP) is 0.355. The normalized spacial score (nSPS) is 13.0. The molecule has 0 radical (unpaired) electrons. The zero-order chi connectivity index (χ0) is 15.0. The number of hydrogen-bond donors (Lipinski definition) is 2. The summed E-state index contributed by atoms with van der Waals surface area (Å²) in [6.07, 6.45) is -1.05. The molecule has 0 spiro atoms. The first kappa shape index (κ1) is 17.2. The fraction of sp³-hybridized carbons (Fsp3) is 0.600. The molecule has 2 N–H and O–H groups in total. The minimum absolute atomic E-state index is 0.194. The quantitative estimate of drug-likeness (QED) is 0.532. The summed E-state index contributed by atoms with van der Waals surface area (Å²) < 4.78 is 9.23. The van der Waals surface area contributed by atoms with Crippen molar-refractivity contribution < 1.29 is 33.8 Å². The molecule has 0 aliphatic rings. The van der Waals surface area contributed by atoms with Gasteiger partial charge in [0.15, 0.2) is 0 Å². The number of hydrogen-bond acceptors (Lipinski definition) is 7. The molecule has 0 rings (SSSR count). The molecule has 0 aliphatic heterocycles. The van der Waals surface area contributed by atoms with Crippen molar-refractivity contribution in [3.8, 4) is 0 Å². The number of rotatable bonds is 6. The molecule has 0 saturated carbocycles. The molecule has 0 aliphatic carbocycles. The van der Waals surface area contributed by atoms with Crippen LogP contribution in [-0.4, -0.2) is 46.3 Å². The summed E-state index contributed by atoms with van der Waals surface area (Å²) in [5.41, 5.74) is 0. The van der Waals surface area contributed by atoms with Gasteiger partial charge in [0.2, 0.25) is 12.2 Å². The molecule has 0 heterocycles. The molecule has 0 bridgehead atoms. The van der Waals surface area contributed by atoms with Gasteiger partial charge in [0, 0.05) is 26.5 Å². The van der Waals surface area contributed by atoms with Crippen molar-refractivity contribution >= 4 is 34.9 Å². The van der Waals surface area contributed by atoms with Crippen LogP contribution in [-0.2, 0) is 23.9 Å². The molecular formula is C10H15NO7S. The van der Waals surface area contributed by atoms with Gasteiger partial charge in [0.1, 0.15) is 6.04 Å². The largest absolute Gasteiger partial charge is 0.480 e. The van der Waals surface area contributed by atoms with Crippen LogP contribution in [0.15, 0.2) is 0 Å². The maximum atomic E-state index is 11.3.